The van der Waals surface area contributed by atoms with Crippen molar-refractivity contribution in [3.8, 4) is 0 Å². The van der Waals surface area contributed by atoms with Crippen LogP contribution in [-0.2, 0) is 6.42 Å². The first kappa shape index (κ1) is 11.4. The van der Waals surface area contributed by atoms with Crippen molar-refractivity contribution in [2.24, 2.45) is 0 Å². The molecule has 88 valence electrons. The second-order valence-corrected chi connectivity index (χ2v) is 3.94. The molecule has 0 radical (unpaired) electrons. The summed E-state index contributed by atoms with van der Waals surface area (Å²) in [5, 5.41) is 3.22. The third kappa shape index (κ3) is 2.93. The average Bonchev–Trinajstić information content (AvgIpc) is 2.31. The van der Waals surface area contributed by atoms with Crippen LogP contribution in [0.3, 0.4) is 0 Å². The number of nitrogens with two attached hydrogens (primary N) is 1. The van der Waals surface area contributed by atoms with Crippen LogP contribution >= 0.6 is 0 Å². The van der Waals surface area contributed by atoms with Crippen LogP contribution in [-0.4, -0.2) is 9.97 Å². The van der Waals surface area contributed by atoms with E-state index in [1.54, 1.807) is 6.07 Å². The average molecular weight is 228 g/mol. The van der Waals surface area contributed by atoms with E-state index in [9.17, 15) is 0 Å². The zero-order valence-electron chi connectivity index (χ0n) is 10.1. The van der Waals surface area contributed by atoms with Gasteiger partial charge in [0.2, 0.25) is 0 Å². The molecule has 1 heterocycles. The summed E-state index contributed by atoms with van der Waals surface area (Å²) < 4.78 is 0. The van der Waals surface area contributed by atoms with Gasteiger partial charge in [0.05, 0.1) is 0 Å². The van der Waals surface area contributed by atoms with Gasteiger partial charge in [-0.05, 0) is 19.1 Å². The van der Waals surface area contributed by atoms with E-state index in [2.05, 4.69) is 22.2 Å². The van der Waals surface area contributed by atoms with Gasteiger partial charge in [-0.1, -0.05) is 24.6 Å². The maximum atomic E-state index is 5.72. The molecular formula is C13H16N4. The van der Waals surface area contributed by atoms with Gasteiger partial charge in [-0.15, -0.1) is 0 Å². The number of nitrogens with one attached hydrogen (secondary N) is 1. The lowest BCUT2D eigenvalue weighted by atomic mass is 10.2. The van der Waals surface area contributed by atoms with Crippen LogP contribution in [0.5, 0.6) is 0 Å². The number of anilines is 3. The third-order valence-electron chi connectivity index (χ3n) is 2.43. The minimum absolute atomic E-state index is 0.492. The van der Waals surface area contributed by atoms with E-state index in [0.29, 0.717) is 5.82 Å². The summed E-state index contributed by atoms with van der Waals surface area (Å²) in [5.41, 5.74) is 7.95. The molecule has 4 nitrogen and oxygen atoms in total. The lowest BCUT2D eigenvalue weighted by molar-refractivity contribution is 0.948. The maximum Gasteiger partial charge on any atom is 0.136 e. The predicted octanol–water partition coefficient (Wildman–Crippen LogP) is 2.67. The van der Waals surface area contributed by atoms with Gasteiger partial charge in [0, 0.05) is 18.2 Å². The topological polar surface area (TPSA) is 63.8 Å². The molecule has 0 bridgehead atoms. The van der Waals surface area contributed by atoms with Gasteiger partial charge in [-0.2, -0.15) is 0 Å². The number of hydrogen-bond donors (Lipinski definition) is 2. The van der Waals surface area contributed by atoms with E-state index >= 15 is 0 Å². The standard InChI is InChI=1S/C13H16N4/c1-3-12-16-11(14)8-13(17-12)15-10-6-4-9(2)5-7-10/h4-8H,3H2,1-2H3,(H3,14,15,16,17). The summed E-state index contributed by atoms with van der Waals surface area (Å²) in [5.74, 6) is 1.98. The Labute approximate surface area is 101 Å². The first-order valence-electron chi connectivity index (χ1n) is 5.64. The Kier molecular flexibility index (Phi) is 3.23. The Balaban J connectivity index is 2.23. The molecule has 2 aromatic rings. The number of aromatic nitrogens is 2. The maximum absolute atomic E-state index is 5.72. The zero-order valence-corrected chi connectivity index (χ0v) is 10.1. The highest BCUT2D eigenvalue weighted by Crippen LogP contribution is 2.16. The normalized spacial score (nSPS) is 10.2. The Morgan fingerprint density at radius 2 is 1.88 bits per heavy atom. The molecule has 3 N–H and O–H groups in total. The van der Waals surface area contributed by atoms with Gasteiger partial charge in [-0.25, -0.2) is 9.97 Å². The molecule has 0 spiro atoms. The molecule has 17 heavy (non-hydrogen) atoms. The van der Waals surface area contributed by atoms with Crippen molar-refractivity contribution in [3.63, 3.8) is 0 Å². The van der Waals surface area contributed by atoms with E-state index < -0.39 is 0 Å². The molecule has 0 unspecified atom stereocenters. The molecule has 0 amide bonds. The van der Waals surface area contributed by atoms with Crippen molar-refractivity contribution in [1.29, 1.82) is 0 Å². The smallest absolute Gasteiger partial charge is 0.136 e. The van der Waals surface area contributed by atoms with Gasteiger partial charge in [0.25, 0.3) is 0 Å². The van der Waals surface area contributed by atoms with Crippen LogP contribution in [0.1, 0.15) is 18.3 Å². The summed E-state index contributed by atoms with van der Waals surface area (Å²) in [6.45, 7) is 4.06. The molecule has 0 saturated carbocycles. The first-order chi connectivity index (χ1) is 8.17. The summed E-state index contributed by atoms with van der Waals surface area (Å²) in [6.07, 6.45) is 0.771. The van der Waals surface area contributed by atoms with E-state index in [-0.39, 0.29) is 0 Å². The van der Waals surface area contributed by atoms with E-state index in [1.165, 1.54) is 5.56 Å². The highest BCUT2D eigenvalue weighted by molar-refractivity contribution is 5.58. The lowest BCUT2D eigenvalue weighted by Crippen LogP contribution is -2.02. The van der Waals surface area contributed by atoms with Crippen LogP contribution in [0.25, 0.3) is 0 Å². The zero-order chi connectivity index (χ0) is 12.3. The number of hydrogen-bond acceptors (Lipinski definition) is 4. The van der Waals surface area contributed by atoms with Crippen molar-refractivity contribution in [2.75, 3.05) is 11.1 Å². The monoisotopic (exact) mass is 228 g/mol. The fraction of sp³-hybridized carbons (Fsp3) is 0.231. The van der Waals surface area contributed by atoms with Gasteiger partial charge in [0.1, 0.15) is 17.5 Å². The van der Waals surface area contributed by atoms with Crippen LogP contribution < -0.4 is 11.1 Å². The molecule has 0 aliphatic heterocycles. The highest BCUT2D eigenvalue weighted by atomic mass is 15.0. The molecule has 0 aliphatic rings. The van der Waals surface area contributed by atoms with Gasteiger partial charge >= 0.3 is 0 Å². The van der Waals surface area contributed by atoms with Gasteiger partial charge < -0.3 is 11.1 Å². The number of benzene rings is 1. The number of nitrogens with zero attached hydrogens (tertiary/aromatic N) is 2. The molecule has 1 aromatic carbocycles. The molecule has 0 aliphatic carbocycles. The number of nitrogen functional groups attached to an aromatic ring is 1. The largest absolute Gasteiger partial charge is 0.384 e. The van der Waals surface area contributed by atoms with E-state index in [0.717, 1.165) is 23.8 Å². The van der Waals surface area contributed by atoms with E-state index in [4.69, 9.17) is 5.73 Å². The van der Waals surface area contributed by atoms with Crippen LogP contribution in [0.15, 0.2) is 30.3 Å². The number of aryl methyl sites for hydroxylation is 2. The van der Waals surface area contributed by atoms with Crippen LogP contribution in [0.2, 0.25) is 0 Å². The SMILES string of the molecule is CCc1nc(N)cc(Nc2ccc(C)cc2)n1. The molecule has 0 saturated heterocycles. The minimum Gasteiger partial charge on any atom is -0.384 e. The minimum atomic E-state index is 0.492. The van der Waals surface area contributed by atoms with Crippen LogP contribution in [0, 0.1) is 6.92 Å². The van der Waals surface area contributed by atoms with Crippen molar-refractivity contribution in [2.45, 2.75) is 20.3 Å². The molecule has 0 fully saturated rings. The Morgan fingerprint density at radius 3 is 2.53 bits per heavy atom. The molecule has 2 rings (SSSR count). The summed E-state index contributed by atoms with van der Waals surface area (Å²) in [4.78, 5) is 8.50. The Hall–Kier alpha value is -2.10. The van der Waals surface area contributed by atoms with Crippen molar-refractivity contribution >= 4 is 17.3 Å². The van der Waals surface area contributed by atoms with Crippen LogP contribution in [0.4, 0.5) is 17.3 Å². The first-order valence-corrected chi connectivity index (χ1v) is 5.64. The predicted molar refractivity (Wildman–Crippen MR) is 70.3 cm³/mol. The van der Waals surface area contributed by atoms with Gasteiger partial charge in [0.15, 0.2) is 0 Å². The second kappa shape index (κ2) is 4.82. The molecule has 4 heteroatoms. The van der Waals surface area contributed by atoms with Crippen molar-refractivity contribution < 1.29 is 0 Å². The lowest BCUT2D eigenvalue weighted by Gasteiger charge is -2.07. The van der Waals surface area contributed by atoms with Gasteiger partial charge in [-0.3, -0.25) is 0 Å². The van der Waals surface area contributed by atoms with E-state index in [1.807, 2.05) is 31.2 Å². The second-order valence-electron chi connectivity index (χ2n) is 3.94. The van der Waals surface area contributed by atoms with Crippen molar-refractivity contribution in [1.82, 2.24) is 9.97 Å². The molecular weight excluding hydrogens is 212 g/mol. The Bertz CT molecular complexity index is 505. The fourth-order valence-corrected chi connectivity index (χ4v) is 1.52. The van der Waals surface area contributed by atoms with Crippen molar-refractivity contribution in [3.05, 3.63) is 41.7 Å². The Morgan fingerprint density at radius 1 is 1.18 bits per heavy atom. The summed E-state index contributed by atoms with van der Waals surface area (Å²) in [7, 11) is 0. The summed E-state index contributed by atoms with van der Waals surface area (Å²) >= 11 is 0. The highest BCUT2D eigenvalue weighted by Gasteiger charge is 2.01. The third-order valence-corrected chi connectivity index (χ3v) is 2.43. The summed E-state index contributed by atoms with van der Waals surface area (Å²) in [6, 6.07) is 9.86. The fourth-order valence-electron chi connectivity index (χ4n) is 1.52. The molecule has 1 aromatic heterocycles. The molecule has 0 atom stereocenters. The quantitative estimate of drug-likeness (QED) is 0.847. The number of rotatable bonds is 3.